The van der Waals surface area contributed by atoms with Gasteiger partial charge in [0.2, 0.25) is 5.89 Å². The Bertz CT molecular complexity index is 381. The van der Waals surface area contributed by atoms with E-state index in [4.69, 9.17) is 4.52 Å². The Balaban J connectivity index is 1.93. The van der Waals surface area contributed by atoms with Gasteiger partial charge >= 0.3 is 0 Å². The molecule has 1 aliphatic carbocycles. The molecule has 5 heteroatoms. The molecule has 0 radical (unpaired) electrons. The van der Waals surface area contributed by atoms with Crippen molar-refractivity contribution in [2.24, 2.45) is 0 Å². The van der Waals surface area contributed by atoms with Crippen LogP contribution < -0.4 is 5.32 Å². The highest BCUT2D eigenvalue weighted by Gasteiger charge is 2.32. The van der Waals surface area contributed by atoms with Crippen LogP contribution >= 0.6 is 11.8 Å². The Labute approximate surface area is 120 Å². The number of nitrogens with zero attached hydrogens (tertiary/aromatic N) is 2. The molecular formula is C14H25N3OS. The Morgan fingerprint density at radius 1 is 1.42 bits per heavy atom. The zero-order valence-corrected chi connectivity index (χ0v) is 13.0. The standard InChI is InChI=1S/C14H25N3OS/c1-4-8-15-12-7-5-6-11(12)14-16-13(17-18-14)9-19-10(2)3/h10-12,15H,4-9H2,1-3H3. The highest BCUT2D eigenvalue weighted by atomic mass is 32.2. The number of hydrogen-bond donors (Lipinski definition) is 1. The second-order valence-corrected chi connectivity index (χ2v) is 7.07. The summed E-state index contributed by atoms with van der Waals surface area (Å²) >= 11 is 1.85. The summed E-state index contributed by atoms with van der Waals surface area (Å²) in [7, 11) is 0. The van der Waals surface area contributed by atoms with Crippen LogP contribution in [0.2, 0.25) is 0 Å². The quantitative estimate of drug-likeness (QED) is 0.831. The van der Waals surface area contributed by atoms with Crippen LogP contribution in [0, 0.1) is 0 Å². The second-order valence-electron chi connectivity index (χ2n) is 5.51. The highest BCUT2D eigenvalue weighted by Crippen LogP contribution is 2.34. The van der Waals surface area contributed by atoms with Gasteiger partial charge in [-0.1, -0.05) is 32.3 Å². The van der Waals surface area contributed by atoms with E-state index in [1.54, 1.807) is 0 Å². The van der Waals surface area contributed by atoms with Crippen molar-refractivity contribution in [2.45, 2.75) is 69.4 Å². The minimum absolute atomic E-state index is 0.414. The first kappa shape index (κ1) is 14.9. The monoisotopic (exact) mass is 283 g/mol. The van der Waals surface area contributed by atoms with E-state index in [9.17, 15) is 0 Å². The number of nitrogens with one attached hydrogen (secondary N) is 1. The highest BCUT2D eigenvalue weighted by molar-refractivity contribution is 7.99. The van der Waals surface area contributed by atoms with Crippen molar-refractivity contribution in [2.75, 3.05) is 6.54 Å². The molecular weight excluding hydrogens is 258 g/mol. The summed E-state index contributed by atoms with van der Waals surface area (Å²) in [4.78, 5) is 4.58. The van der Waals surface area contributed by atoms with Gasteiger partial charge in [-0.05, 0) is 31.1 Å². The van der Waals surface area contributed by atoms with E-state index in [2.05, 4.69) is 36.2 Å². The molecule has 2 unspecified atom stereocenters. The van der Waals surface area contributed by atoms with E-state index < -0.39 is 0 Å². The number of hydrogen-bond acceptors (Lipinski definition) is 5. The van der Waals surface area contributed by atoms with Crippen molar-refractivity contribution < 1.29 is 4.52 Å². The summed E-state index contributed by atoms with van der Waals surface area (Å²) in [6, 6.07) is 0.519. The third-order valence-corrected chi connectivity index (χ3v) is 4.61. The minimum atomic E-state index is 0.414. The maximum atomic E-state index is 5.48. The topological polar surface area (TPSA) is 51.0 Å². The fraction of sp³-hybridized carbons (Fsp3) is 0.857. The van der Waals surface area contributed by atoms with Gasteiger partial charge in [-0.25, -0.2) is 0 Å². The molecule has 0 saturated heterocycles. The SMILES string of the molecule is CCCNC1CCCC1c1nc(CSC(C)C)no1. The van der Waals surface area contributed by atoms with Crippen LogP contribution in [0.1, 0.15) is 64.1 Å². The lowest BCUT2D eigenvalue weighted by atomic mass is 10.0. The van der Waals surface area contributed by atoms with Gasteiger partial charge in [-0.2, -0.15) is 16.7 Å². The van der Waals surface area contributed by atoms with Crippen LogP contribution in [0.25, 0.3) is 0 Å². The van der Waals surface area contributed by atoms with E-state index >= 15 is 0 Å². The first-order valence-electron chi connectivity index (χ1n) is 7.38. The van der Waals surface area contributed by atoms with Crippen LogP contribution in [0.4, 0.5) is 0 Å². The summed E-state index contributed by atoms with van der Waals surface area (Å²) in [6.07, 6.45) is 4.82. The van der Waals surface area contributed by atoms with Crippen molar-refractivity contribution in [3.63, 3.8) is 0 Å². The lowest BCUT2D eigenvalue weighted by Crippen LogP contribution is -2.31. The predicted octanol–water partition coefficient (Wildman–Crippen LogP) is 3.35. The lowest BCUT2D eigenvalue weighted by Gasteiger charge is -2.17. The van der Waals surface area contributed by atoms with Crippen LogP contribution in [0.3, 0.4) is 0 Å². The molecule has 1 fully saturated rings. The molecule has 108 valence electrons. The van der Waals surface area contributed by atoms with E-state index in [0.29, 0.717) is 17.2 Å². The first-order chi connectivity index (χ1) is 9.20. The number of thioether (sulfide) groups is 1. The second kappa shape index (κ2) is 7.29. The summed E-state index contributed by atoms with van der Waals surface area (Å²) < 4.78 is 5.48. The predicted molar refractivity (Wildman–Crippen MR) is 79.4 cm³/mol. The van der Waals surface area contributed by atoms with Gasteiger partial charge in [0.05, 0.1) is 11.7 Å². The van der Waals surface area contributed by atoms with Crippen molar-refractivity contribution in [1.82, 2.24) is 15.5 Å². The van der Waals surface area contributed by atoms with Crippen LogP contribution in [0.15, 0.2) is 4.52 Å². The van der Waals surface area contributed by atoms with Gasteiger partial charge in [-0.15, -0.1) is 0 Å². The molecule has 19 heavy (non-hydrogen) atoms. The van der Waals surface area contributed by atoms with Gasteiger partial charge in [0.1, 0.15) is 0 Å². The average Bonchev–Trinajstić information content (AvgIpc) is 3.02. The fourth-order valence-corrected chi connectivity index (χ4v) is 3.15. The average molecular weight is 283 g/mol. The largest absolute Gasteiger partial charge is 0.339 e. The molecule has 0 bridgehead atoms. The molecule has 2 rings (SSSR count). The van der Waals surface area contributed by atoms with E-state index in [-0.39, 0.29) is 0 Å². The van der Waals surface area contributed by atoms with Crippen LogP contribution in [0.5, 0.6) is 0 Å². The summed E-state index contributed by atoms with van der Waals surface area (Å²) in [5, 5.41) is 8.32. The molecule has 1 aliphatic rings. The molecule has 0 spiro atoms. The fourth-order valence-electron chi connectivity index (χ4n) is 2.55. The van der Waals surface area contributed by atoms with Crippen LogP contribution in [-0.2, 0) is 5.75 Å². The maximum absolute atomic E-state index is 5.48. The van der Waals surface area contributed by atoms with Gasteiger partial charge in [0, 0.05) is 6.04 Å². The Morgan fingerprint density at radius 2 is 2.26 bits per heavy atom. The van der Waals surface area contributed by atoms with E-state index in [1.165, 1.54) is 25.7 Å². The summed E-state index contributed by atoms with van der Waals surface area (Å²) in [5.74, 6) is 2.94. The molecule has 0 amide bonds. The first-order valence-corrected chi connectivity index (χ1v) is 8.43. The third-order valence-electron chi connectivity index (χ3n) is 3.52. The minimum Gasteiger partial charge on any atom is -0.339 e. The molecule has 1 aromatic heterocycles. The van der Waals surface area contributed by atoms with E-state index in [0.717, 1.165) is 24.0 Å². The summed E-state index contributed by atoms with van der Waals surface area (Å²) in [6.45, 7) is 7.65. The molecule has 4 nitrogen and oxygen atoms in total. The third kappa shape index (κ3) is 4.21. The molecule has 0 aromatic carbocycles. The molecule has 2 atom stereocenters. The molecule has 1 N–H and O–H groups in total. The Kier molecular flexibility index (Phi) is 5.70. The maximum Gasteiger partial charge on any atom is 0.231 e. The molecule has 1 heterocycles. The van der Waals surface area contributed by atoms with Gasteiger partial charge in [0.25, 0.3) is 0 Å². The zero-order valence-electron chi connectivity index (χ0n) is 12.2. The van der Waals surface area contributed by atoms with Crippen molar-refractivity contribution >= 4 is 11.8 Å². The zero-order chi connectivity index (χ0) is 13.7. The van der Waals surface area contributed by atoms with Gasteiger partial charge < -0.3 is 9.84 Å². The Hall–Kier alpha value is -0.550. The number of aromatic nitrogens is 2. The van der Waals surface area contributed by atoms with Crippen molar-refractivity contribution in [3.05, 3.63) is 11.7 Å². The van der Waals surface area contributed by atoms with E-state index in [1.807, 2.05) is 11.8 Å². The normalized spacial score (nSPS) is 23.4. The smallest absolute Gasteiger partial charge is 0.231 e. The molecule has 1 aromatic rings. The lowest BCUT2D eigenvalue weighted by molar-refractivity contribution is 0.328. The molecule has 1 saturated carbocycles. The van der Waals surface area contributed by atoms with Gasteiger partial charge in [-0.3, -0.25) is 0 Å². The van der Waals surface area contributed by atoms with Gasteiger partial charge in [0.15, 0.2) is 5.82 Å². The van der Waals surface area contributed by atoms with Crippen LogP contribution in [-0.4, -0.2) is 28.0 Å². The van der Waals surface area contributed by atoms with Crippen molar-refractivity contribution in [3.8, 4) is 0 Å². The Morgan fingerprint density at radius 3 is 3.00 bits per heavy atom. The molecule has 0 aliphatic heterocycles. The van der Waals surface area contributed by atoms with Crippen molar-refractivity contribution in [1.29, 1.82) is 0 Å². The number of rotatable bonds is 7. The summed E-state index contributed by atoms with van der Waals surface area (Å²) in [5.41, 5.74) is 0.